The van der Waals surface area contributed by atoms with Gasteiger partial charge in [0, 0.05) is 13.1 Å². The Morgan fingerprint density at radius 1 is 1.60 bits per heavy atom. The number of likely N-dealkylation sites (tertiary alicyclic amines) is 1. The molecule has 4 heteroatoms. The van der Waals surface area contributed by atoms with Gasteiger partial charge in [-0.2, -0.15) is 0 Å². The van der Waals surface area contributed by atoms with E-state index in [2.05, 4.69) is 17.1 Å². The van der Waals surface area contributed by atoms with E-state index in [0.29, 0.717) is 24.9 Å². The Morgan fingerprint density at radius 2 is 2.33 bits per heavy atom. The molecule has 0 aromatic rings. The molecular formula is C11H23N3O. The summed E-state index contributed by atoms with van der Waals surface area (Å²) in [7, 11) is 0. The Labute approximate surface area is 92.2 Å². The molecule has 2 atom stereocenters. The van der Waals surface area contributed by atoms with Crippen molar-refractivity contribution in [3.63, 3.8) is 0 Å². The quantitative estimate of drug-likeness (QED) is 0.693. The number of likely N-dealkylation sites (N-methyl/N-ethyl adjacent to an activating group) is 1. The van der Waals surface area contributed by atoms with Crippen molar-refractivity contribution in [1.82, 2.24) is 10.2 Å². The molecule has 1 heterocycles. The first-order valence-electron chi connectivity index (χ1n) is 5.86. The molecule has 0 saturated carbocycles. The lowest BCUT2D eigenvalue weighted by atomic mass is 9.87. The third kappa shape index (κ3) is 3.80. The average Bonchev–Trinajstić information content (AvgIpc) is 2.18. The Kier molecular flexibility index (Phi) is 5.05. The van der Waals surface area contributed by atoms with Gasteiger partial charge >= 0.3 is 0 Å². The summed E-state index contributed by atoms with van der Waals surface area (Å²) in [4.78, 5) is 13.6. The zero-order valence-corrected chi connectivity index (χ0v) is 9.83. The summed E-state index contributed by atoms with van der Waals surface area (Å²) >= 11 is 0. The van der Waals surface area contributed by atoms with Crippen molar-refractivity contribution in [3.8, 4) is 0 Å². The second kappa shape index (κ2) is 6.08. The Hall–Kier alpha value is -0.610. The first-order chi connectivity index (χ1) is 7.17. The summed E-state index contributed by atoms with van der Waals surface area (Å²) in [5, 5.41) is 2.83. The second-order valence-corrected chi connectivity index (χ2v) is 4.45. The number of rotatable bonds is 4. The fourth-order valence-corrected chi connectivity index (χ4v) is 2.23. The van der Waals surface area contributed by atoms with Gasteiger partial charge in [-0.25, -0.2) is 0 Å². The van der Waals surface area contributed by atoms with E-state index in [-0.39, 0.29) is 5.91 Å². The summed E-state index contributed by atoms with van der Waals surface area (Å²) in [6, 6.07) is 0. The number of nitrogens with one attached hydrogen (secondary N) is 1. The molecule has 0 bridgehead atoms. The maximum absolute atomic E-state index is 11.4. The molecule has 15 heavy (non-hydrogen) atoms. The van der Waals surface area contributed by atoms with Gasteiger partial charge in [0.25, 0.3) is 0 Å². The molecule has 0 aromatic heterocycles. The van der Waals surface area contributed by atoms with Gasteiger partial charge in [0.2, 0.25) is 5.91 Å². The smallest absolute Gasteiger partial charge is 0.234 e. The molecule has 2 unspecified atom stereocenters. The third-order valence-electron chi connectivity index (χ3n) is 3.21. The summed E-state index contributed by atoms with van der Waals surface area (Å²) < 4.78 is 0. The van der Waals surface area contributed by atoms with E-state index in [4.69, 9.17) is 5.73 Å². The highest BCUT2D eigenvalue weighted by Crippen LogP contribution is 2.21. The molecule has 4 nitrogen and oxygen atoms in total. The van der Waals surface area contributed by atoms with Crippen LogP contribution in [0.3, 0.4) is 0 Å². The predicted octanol–water partition coefficient (Wildman–Crippen LogP) is 0.0392. The van der Waals surface area contributed by atoms with Gasteiger partial charge in [0.15, 0.2) is 0 Å². The van der Waals surface area contributed by atoms with E-state index in [1.165, 1.54) is 0 Å². The van der Waals surface area contributed by atoms with E-state index in [9.17, 15) is 4.79 Å². The minimum Gasteiger partial charge on any atom is -0.355 e. The predicted molar refractivity (Wildman–Crippen MR) is 61.4 cm³/mol. The van der Waals surface area contributed by atoms with Crippen molar-refractivity contribution in [1.29, 1.82) is 0 Å². The van der Waals surface area contributed by atoms with Crippen molar-refractivity contribution >= 4 is 5.91 Å². The highest BCUT2D eigenvalue weighted by molar-refractivity contribution is 5.77. The van der Waals surface area contributed by atoms with Gasteiger partial charge in [0.05, 0.1) is 6.54 Å². The van der Waals surface area contributed by atoms with E-state index in [1.807, 2.05) is 6.92 Å². The van der Waals surface area contributed by atoms with Crippen molar-refractivity contribution in [3.05, 3.63) is 0 Å². The standard InChI is InChI=1S/C11H23N3O/c1-3-13-11(15)8-14-5-4-10(6-12)9(2)7-14/h9-10H,3-8,12H2,1-2H3,(H,13,15). The van der Waals surface area contributed by atoms with E-state index in [0.717, 1.165) is 26.1 Å². The Balaban J connectivity index is 2.31. The largest absolute Gasteiger partial charge is 0.355 e. The maximum Gasteiger partial charge on any atom is 0.234 e. The van der Waals surface area contributed by atoms with Gasteiger partial charge in [-0.1, -0.05) is 6.92 Å². The van der Waals surface area contributed by atoms with Gasteiger partial charge < -0.3 is 11.1 Å². The fraction of sp³-hybridized carbons (Fsp3) is 0.909. The number of hydrogen-bond donors (Lipinski definition) is 2. The minimum atomic E-state index is 0.135. The molecular weight excluding hydrogens is 190 g/mol. The van der Waals surface area contributed by atoms with Crippen LogP contribution in [0.4, 0.5) is 0 Å². The van der Waals surface area contributed by atoms with Crippen LogP contribution in [0.5, 0.6) is 0 Å². The van der Waals surface area contributed by atoms with E-state index >= 15 is 0 Å². The highest BCUT2D eigenvalue weighted by atomic mass is 16.2. The minimum absolute atomic E-state index is 0.135. The fourth-order valence-electron chi connectivity index (χ4n) is 2.23. The van der Waals surface area contributed by atoms with Crippen molar-refractivity contribution in [2.75, 3.05) is 32.7 Å². The van der Waals surface area contributed by atoms with Crippen LogP contribution in [0.1, 0.15) is 20.3 Å². The van der Waals surface area contributed by atoms with E-state index < -0.39 is 0 Å². The second-order valence-electron chi connectivity index (χ2n) is 4.45. The lowest BCUT2D eigenvalue weighted by molar-refractivity contribution is -0.122. The van der Waals surface area contributed by atoms with Crippen LogP contribution in [0.15, 0.2) is 0 Å². The number of nitrogens with zero attached hydrogens (tertiary/aromatic N) is 1. The molecule has 1 amide bonds. The summed E-state index contributed by atoms with van der Waals surface area (Å²) in [5.74, 6) is 1.38. The molecule has 1 saturated heterocycles. The summed E-state index contributed by atoms with van der Waals surface area (Å²) in [6.45, 7) is 8.20. The monoisotopic (exact) mass is 213 g/mol. The Bertz CT molecular complexity index is 208. The topological polar surface area (TPSA) is 58.4 Å². The number of nitrogens with two attached hydrogens (primary N) is 1. The van der Waals surface area contributed by atoms with Crippen LogP contribution in [0.25, 0.3) is 0 Å². The van der Waals surface area contributed by atoms with Crippen molar-refractivity contribution in [2.45, 2.75) is 20.3 Å². The molecule has 0 spiro atoms. The van der Waals surface area contributed by atoms with E-state index in [1.54, 1.807) is 0 Å². The van der Waals surface area contributed by atoms with Gasteiger partial charge in [-0.15, -0.1) is 0 Å². The molecule has 1 aliphatic rings. The van der Waals surface area contributed by atoms with Gasteiger partial charge in [-0.3, -0.25) is 9.69 Å². The lowest BCUT2D eigenvalue weighted by Crippen LogP contribution is -2.46. The third-order valence-corrected chi connectivity index (χ3v) is 3.21. The highest BCUT2D eigenvalue weighted by Gasteiger charge is 2.25. The molecule has 0 radical (unpaired) electrons. The summed E-state index contributed by atoms with van der Waals surface area (Å²) in [6.07, 6.45) is 1.12. The van der Waals surface area contributed by atoms with Crippen LogP contribution < -0.4 is 11.1 Å². The summed E-state index contributed by atoms with van der Waals surface area (Å²) in [5.41, 5.74) is 5.69. The molecule has 0 aliphatic carbocycles. The van der Waals surface area contributed by atoms with Crippen molar-refractivity contribution < 1.29 is 4.79 Å². The molecule has 1 rings (SSSR count). The number of hydrogen-bond acceptors (Lipinski definition) is 3. The molecule has 88 valence electrons. The lowest BCUT2D eigenvalue weighted by Gasteiger charge is -2.35. The van der Waals surface area contributed by atoms with Gasteiger partial charge in [-0.05, 0) is 38.3 Å². The number of carbonyl (C=O) groups excluding carboxylic acids is 1. The molecule has 1 aliphatic heterocycles. The van der Waals surface area contributed by atoms with Crippen molar-refractivity contribution in [2.24, 2.45) is 17.6 Å². The normalized spacial score (nSPS) is 27.7. The number of amides is 1. The molecule has 1 fully saturated rings. The first kappa shape index (κ1) is 12.5. The number of piperidine rings is 1. The average molecular weight is 213 g/mol. The first-order valence-corrected chi connectivity index (χ1v) is 5.86. The van der Waals surface area contributed by atoms with Crippen LogP contribution in [-0.4, -0.2) is 43.5 Å². The number of carbonyl (C=O) groups is 1. The molecule has 3 N–H and O–H groups in total. The van der Waals surface area contributed by atoms with Gasteiger partial charge in [0.1, 0.15) is 0 Å². The van der Waals surface area contributed by atoms with Crippen LogP contribution in [-0.2, 0) is 4.79 Å². The van der Waals surface area contributed by atoms with Crippen LogP contribution in [0, 0.1) is 11.8 Å². The van der Waals surface area contributed by atoms with Crippen LogP contribution in [0.2, 0.25) is 0 Å². The van der Waals surface area contributed by atoms with Crippen LogP contribution >= 0.6 is 0 Å². The maximum atomic E-state index is 11.4. The SMILES string of the molecule is CCNC(=O)CN1CCC(CN)C(C)C1. The zero-order valence-electron chi connectivity index (χ0n) is 9.83. The molecule has 0 aromatic carbocycles. The Morgan fingerprint density at radius 3 is 2.87 bits per heavy atom. The zero-order chi connectivity index (χ0) is 11.3.